The zero-order chi connectivity index (χ0) is 10.5. The Morgan fingerprint density at radius 3 is 2.67 bits per heavy atom. The maximum absolute atomic E-state index is 11.2. The summed E-state index contributed by atoms with van der Waals surface area (Å²) in [5.74, 6) is 2.65. The number of rotatable bonds is 3. The Bertz CT molecular complexity index is 242. The van der Waals surface area contributed by atoms with Crippen molar-refractivity contribution < 1.29 is 4.21 Å². The lowest BCUT2D eigenvalue weighted by molar-refractivity contribution is 0.388. The van der Waals surface area contributed by atoms with Gasteiger partial charge in [0.05, 0.1) is 0 Å². The van der Waals surface area contributed by atoms with Crippen molar-refractivity contribution in [1.29, 1.82) is 0 Å². The standard InChI is InChI=1S/C12H21NOS/c14-15-8-6-12(7-9-15)13-10-11-4-2-1-3-5-11/h1-2,11-13H,3-10H2. The highest BCUT2D eigenvalue weighted by Crippen LogP contribution is 2.18. The summed E-state index contributed by atoms with van der Waals surface area (Å²) in [6.45, 7) is 1.15. The van der Waals surface area contributed by atoms with E-state index in [1.54, 1.807) is 0 Å². The van der Waals surface area contributed by atoms with Crippen LogP contribution in [0.1, 0.15) is 32.1 Å². The molecule has 1 saturated heterocycles. The second kappa shape index (κ2) is 5.80. The minimum absolute atomic E-state index is 0.520. The van der Waals surface area contributed by atoms with Crippen molar-refractivity contribution in [3.8, 4) is 0 Å². The van der Waals surface area contributed by atoms with E-state index in [2.05, 4.69) is 17.5 Å². The maximum atomic E-state index is 11.2. The number of nitrogens with one attached hydrogen (secondary N) is 1. The van der Waals surface area contributed by atoms with E-state index in [-0.39, 0.29) is 0 Å². The highest BCUT2D eigenvalue weighted by Gasteiger charge is 2.18. The van der Waals surface area contributed by atoms with Gasteiger partial charge in [0.25, 0.3) is 0 Å². The summed E-state index contributed by atoms with van der Waals surface area (Å²) in [6, 6.07) is 0.633. The summed E-state index contributed by atoms with van der Waals surface area (Å²) in [5, 5.41) is 3.64. The Hall–Kier alpha value is -0.150. The van der Waals surface area contributed by atoms with Crippen LogP contribution in [0.2, 0.25) is 0 Å². The molecule has 2 rings (SSSR count). The van der Waals surface area contributed by atoms with Crippen LogP contribution >= 0.6 is 0 Å². The van der Waals surface area contributed by atoms with Gasteiger partial charge in [-0.05, 0) is 44.6 Å². The first-order chi connectivity index (χ1) is 7.34. The fraction of sp³-hybridized carbons (Fsp3) is 0.833. The summed E-state index contributed by atoms with van der Waals surface area (Å²) in [5.41, 5.74) is 0. The lowest BCUT2D eigenvalue weighted by Gasteiger charge is -2.26. The molecule has 0 aromatic carbocycles. The van der Waals surface area contributed by atoms with Crippen molar-refractivity contribution in [2.45, 2.75) is 38.1 Å². The summed E-state index contributed by atoms with van der Waals surface area (Å²) >= 11 is 0. The van der Waals surface area contributed by atoms with E-state index in [1.165, 1.54) is 19.3 Å². The van der Waals surface area contributed by atoms with Crippen LogP contribution in [0.4, 0.5) is 0 Å². The van der Waals surface area contributed by atoms with Crippen molar-refractivity contribution in [3.63, 3.8) is 0 Å². The van der Waals surface area contributed by atoms with Gasteiger partial charge < -0.3 is 5.32 Å². The molecule has 15 heavy (non-hydrogen) atoms. The topological polar surface area (TPSA) is 29.1 Å². The first-order valence-corrected chi connectivity index (χ1v) is 7.57. The molecule has 0 aromatic rings. The van der Waals surface area contributed by atoms with Gasteiger partial charge in [-0.25, -0.2) is 0 Å². The first kappa shape index (κ1) is 11.3. The second-order valence-electron chi connectivity index (χ2n) is 4.68. The molecule has 1 fully saturated rings. The van der Waals surface area contributed by atoms with Crippen molar-refractivity contribution in [2.24, 2.45) is 5.92 Å². The predicted molar refractivity (Wildman–Crippen MR) is 65.4 cm³/mol. The molecule has 0 saturated carbocycles. The lowest BCUT2D eigenvalue weighted by atomic mass is 9.94. The van der Waals surface area contributed by atoms with E-state index in [4.69, 9.17) is 0 Å². The van der Waals surface area contributed by atoms with Gasteiger partial charge in [0.2, 0.25) is 0 Å². The van der Waals surface area contributed by atoms with Gasteiger partial charge in [0, 0.05) is 28.3 Å². The zero-order valence-electron chi connectivity index (χ0n) is 9.28. The van der Waals surface area contributed by atoms with Gasteiger partial charge in [0.1, 0.15) is 0 Å². The van der Waals surface area contributed by atoms with E-state index in [9.17, 15) is 4.21 Å². The van der Waals surface area contributed by atoms with Gasteiger partial charge in [-0.2, -0.15) is 0 Å². The molecule has 1 aliphatic heterocycles. The van der Waals surface area contributed by atoms with Crippen molar-refractivity contribution in [3.05, 3.63) is 12.2 Å². The minimum Gasteiger partial charge on any atom is -0.314 e. The molecule has 0 bridgehead atoms. The third kappa shape index (κ3) is 3.72. The molecule has 2 aliphatic rings. The van der Waals surface area contributed by atoms with Crippen LogP contribution in [-0.4, -0.2) is 28.3 Å². The van der Waals surface area contributed by atoms with Crippen molar-refractivity contribution in [2.75, 3.05) is 18.1 Å². The molecule has 0 aromatic heterocycles. The van der Waals surface area contributed by atoms with E-state index in [1.807, 2.05) is 0 Å². The molecule has 1 unspecified atom stereocenters. The quantitative estimate of drug-likeness (QED) is 0.746. The fourth-order valence-corrected chi connectivity index (χ4v) is 3.67. The normalized spacial score (nSPS) is 36.7. The summed E-state index contributed by atoms with van der Waals surface area (Å²) in [4.78, 5) is 0. The average molecular weight is 227 g/mol. The molecule has 86 valence electrons. The molecule has 1 atom stereocenters. The maximum Gasteiger partial charge on any atom is 0.0249 e. The van der Waals surface area contributed by atoms with Gasteiger partial charge in [-0.3, -0.25) is 4.21 Å². The van der Waals surface area contributed by atoms with Gasteiger partial charge in [-0.1, -0.05) is 12.2 Å². The Morgan fingerprint density at radius 1 is 1.20 bits per heavy atom. The molecule has 2 nitrogen and oxygen atoms in total. The molecule has 0 amide bonds. The summed E-state index contributed by atoms with van der Waals surface area (Å²) < 4.78 is 11.2. The zero-order valence-corrected chi connectivity index (χ0v) is 10.1. The molecule has 1 aliphatic carbocycles. The summed E-state index contributed by atoms with van der Waals surface area (Å²) in [7, 11) is -0.520. The highest BCUT2D eigenvalue weighted by atomic mass is 32.2. The van der Waals surface area contributed by atoms with Gasteiger partial charge in [0.15, 0.2) is 0 Å². The Kier molecular flexibility index (Phi) is 4.39. The third-order valence-corrected chi connectivity index (χ3v) is 4.84. The van der Waals surface area contributed by atoms with E-state index < -0.39 is 10.8 Å². The van der Waals surface area contributed by atoms with E-state index in [0.717, 1.165) is 36.8 Å². The van der Waals surface area contributed by atoms with Crippen molar-refractivity contribution >= 4 is 10.8 Å². The highest BCUT2D eigenvalue weighted by molar-refractivity contribution is 7.85. The van der Waals surface area contributed by atoms with Crippen LogP contribution in [0.15, 0.2) is 12.2 Å². The molecule has 0 spiro atoms. The van der Waals surface area contributed by atoms with Crippen molar-refractivity contribution in [1.82, 2.24) is 5.32 Å². The third-order valence-electron chi connectivity index (χ3n) is 3.46. The first-order valence-electron chi connectivity index (χ1n) is 6.08. The van der Waals surface area contributed by atoms with Gasteiger partial charge in [-0.15, -0.1) is 0 Å². The van der Waals surface area contributed by atoms with Crippen LogP contribution < -0.4 is 5.32 Å². The monoisotopic (exact) mass is 227 g/mol. The van der Waals surface area contributed by atoms with E-state index >= 15 is 0 Å². The number of hydrogen-bond donors (Lipinski definition) is 1. The lowest BCUT2D eigenvalue weighted by Crippen LogP contribution is -2.38. The van der Waals surface area contributed by atoms with Crippen LogP contribution in [0, 0.1) is 5.92 Å². The van der Waals surface area contributed by atoms with Gasteiger partial charge >= 0.3 is 0 Å². The van der Waals surface area contributed by atoms with Crippen LogP contribution in [0.3, 0.4) is 0 Å². The van der Waals surface area contributed by atoms with E-state index in [0.29, 0.717) is 6.04 Å². The molecular weight excluding hydrogens is 206 g/mol. The SMILES string of the molecule is O=S1CCC(NCC2CC=CCC2)CC1. The number of allylic oxidation sites excluding steroid dienone is 2. The average Bonchev–Trinajstić information content (AvgIpc) is 2.30. The molecule has 3 heteroatoms. The predicted octanol–water partition coefficient (Wildman–Crippen LogP) is 1.84. The number of hydrogen-bond acceptors (Lipinski definition) is 2. The largest absolute Gasteiger partial charge is 0.314 e. The Labute approximate surface area is 95.0 Å². The Morgan fingerprint density at radius 2 is 2.00 bits per heavy atom. The molecule has 1 heterocycles. The molecular formula is C12H21NOS. The molecule has 1 N–H and O–H groups in total. The second-order valence-corrected chi connectivity index (χ2v) is 6.38. The Balaban J connectivity index is 1.65. The fourth-order valence-electron chi connectivity index (χ4n) is 2.37. The minimum atomic E-state index is -0.520. The van der Waals surface area contributed by atoms with Crippen LogP contribution in [0.5, 0.6) is 0 Å². The smallest absolute Gasteiger partial charge is 0.0249 e. The van der Waals surface area contributed by atoms with Crippen LogP contribution in [0.25, 0.3) is 0 Å². The summed E-state index contributed by atoms with van der Waals surface area (Å²) in [6.07, 6.45) is 10.6. The molecule has 0 radical (unpaired) electrons. The van der Waals surface area contributed by atoms with Crippen LogP contribution in [-0.2, 0) is 10.8 Å².